The number of nitrogen functional groups attached to an aromatic ring is 1. The molecule has 20 heavy (non-hydrogen) atoms. The van der Waals surface area contributed by atoms with E-state index in [0.29, 0.717) is 11.5 Å². The average molecular weight is 273 g/mol. The molecule has 2 rings (SSSR count). The quantitative estimate of drug-likeness (QED) is 0.854. The second-order valence-electron chi connectivity index (χ2n) is 4.99. The molecular formula is C14H19N5O. The molecule has 2 N–H and O–H groups in total. The van der Waals surface area contributed by atoms with Crippen LogP contribution in [0.1, 0.15) is 13.8 Å². The molecule has 0 saturated carbocycles. The van der Waals surface area contributed by atoms with Crippen molar-refractivity contribution in [3.8, 4) is 11.4 Å². The molecule has 106 valence electrons. The summed E-state index contributed by atoms with van der Waals surface area (Å²) in [4.78, 5) is 17.9. The maximum absolute atomic E-state index is 12.0. The highest BCUT2D eigenvalue weighted by Gasteiger charge is 2.13. The predicted octanol–water partition coefficient (Wildman–Crippen LogP) is 1.39. The topological polar surface area (TPSA) is 77.0 Å². The summed E-state index contributed by atoms with van der Waals surface area (Å²) < 4.78 is 1.54. The van der Waals surface area contributed by atoms with E-state index in [9.17, 15) is 4.79 Å². The Hall–Kier alpha value is -2.37. The summed E-state index contributed by atoms with van der Waals surface area (Å²) in [6.45, 7) is 4.12. The summed E-state index contributed by atoms with van der Waals surface area (Å²) in [6, 6.07) is 7.52. The van der Waals surface area contributed by atoms with Crippen LogP contribution in [-0.2, 0) is 11.3 Å². The van der Waals surface area contributed by atoms with Crippen molar-refractivity contribution in [1.29, 1.82) is 0 Å². The minimum atomic E-state index is 0.00373. The van der Waals surface area contributed by atoms with Crippen LogP contribution in [0, 0.1) is 0 Å². The Morgan fingerprint density at radius 2 is 2.20 bits per heavy atom. The molecule has 0 bridgehead atoms. The third kappa shape index (κ3) is 3.14. The zero-order valence-corrected chi connectivity index (χ0v) is 11.9. The van der Waals surface area contributed by atoms with Gasteiger partial charge in [-0.15, -0.1) is 0 Å². The fraction of sp³-hybridized carbons (Fsp3) is 0.357. The van der Waals surface area contributed by atoms with Gasteiger partial charge in [-0.3, -0.25) is 4.79 Å². The molecule has 0 spiro atoms. The number of hydrogen-bond donors (Lipinski definition) is 1. The highest BCUT2D eigenvalue weighted by atomic mass is 16.2. The van der Waals surface area contributed by atoms with E-state index < -0.39 is 0 Å². The maximum atomic E-state index is 12.0. The molecule has 0 radical (unpaired) electrons. The van der Waals surface area contributed by atoms with Crippen LogP contribution in [0.2, 0.25) is 0 Å². The molecule has 0 aliphatic heterocycles. The van der Waals surface area contributed by atoms with Gasteiger partial charge >= 0.3 is 0 Å². The number of carbonyl (C=O) groups excluding carboxylic acids is 1. The number of amides is 1. The number of benzene rings is 1. The third-order valence-electron chi connectivity index (χ3n) is 3.15. The fourth-order valence-corrected chi connectivity index (χ4v) is 1.72. The Labute approximate surface area is 118 Å². The number of rotatable bonds is 4. The Bertz CT molecular complexity index is 605. The summed E-state index contributed by atoms with van der Waals surface area (Å²) in [5.41, 5.74) is 7.24. The number of likely N-dealkylation sites (N-methyl/N-ethyl adjacent to an activating group) is 1. The molecule has 0 aliphatic rings. The first-order valence-corrected chi connectivity index (χ1v) is 6.48. The zero-order chi connectivity index (χ0) is 14.7. The lowest BCUT2D eigenvalue weighted by molar-refractivity contribution is -0.132. The van der Waals surface area contributed by atoms with Crippen molar-refractivity contribution in [2.75, 3.05) is 12.8 Å². The van der Waals surface area contributed by atoms with E-state index in [1.807, 2.05) is 38.1 Å². The smallest absolute Gasteiger partial charge is 0.244 e. The number of carbonyl (C=O) groups is 1. The van der Waals surface area contributed by atoms with Crippen LogP contribution in [0.15, 0.2) is 30.6 Å². The SMILES string of the molecule is CC(C)N(C)C(=O)Cn1cnc(-c2cccc(N)c2)n1. The van der Waals surface area contributed by atoms with Gasteiger partial charge < -0.3 is 10.6 Å². The van der Waals surface area contributed by atoms with E-state index >= 15 is 0 Å². The van der Waals surface area contributed by atoms with E-state index in [4.69, 9.17) is 5.73 Å². The van der Waals surface area contributed by atoms with Crippen LogP contribution in [0.25, 0.3) is 11.4 Å². The molecule has 6 nitrogen and oxygen atoms in total. The summed E-state index contributed by atoms with van der Waals surface area (Å²) in [7, 11) is 1.78. The number of anilines is 1. The molecule has 6 heteroatoms. The summed E-state index contributed by atoms with van der Waals surface area (Å²) in [5, 5.41) is 4.31. The van der Waals surface area contributed by atoms with Gasteiger partial charge in [0.1, 0.15) is 12.9 Å². The summed E-state index contributed by atoms with van der Waals surface area (Å²) >= 11 is 0. The van der Waals surface area contributed by atoms with Crippen molar-refractivity contribution in [1.82, 2.24) is 19.7 Å². The van der Waals surface area contributed by atoms with Crippen molar-refractivity contribution in [2.45, 2.75) is 26.4 Å². The van der Waals surface area contributed by atoms with Crippen molar-refractivity contribution in [2.24, 2.45) is 0 Å². The first kappa shape index (κ1) is 14.0. The van der Waals surface area contributed by atoms with Gasteiger partial charge in [0.2, 0.25) is 5.91 Å². The van der Waals surface area contributed by atoms with Crippen LogP contribution in [0.5, 0.6) is 0 Å². The predicted molar refractivity (Wildman–Crippen MR) is 77.8 cm³/mol. The van der Waals surface area contributed by atoms with Gasteiger partial charge in [-0.2, -0.15) is 5.10 Å². The van der Waals surface area contributed by atoms with E-state index in [-0.39, 0.29) is 18.5 Å². The molecule has 1 aromatic carbocycles. The Morgan fingerprint density at radius 1 is 1.45 bits per heavy atom. The average Bonchev–Trinajstić information content (AvgIpc) is 2.86. The summed E-state index contributed by atoms with van der Waals surface area (Å²) in [6.07, 6.45) is 1.56. The molecule has 1 heterocycles. The lowest BCUT2D eigenvalue weighted by Gasteiger charge is -2.21. The molecule has 0 fully saturated rings. The van der Waals surface area contributed by atoms with Crippen LogP contribution in [0.3, 0.4) is 0 Å². The number of nitrogens with zero attached hydrogens (tertiary/aromatic N) is 4. The Balaban J connectivity index is 2.12. The van der Waals surface area contributed by atoms with E-state index in [0.717, 1.165) is 5.56 Å². The van der Waals surface area contributed by atoms with E-state index in [1.54, 1.807) is 23.0 Å². The van der Waals surface area contributed by atoms with Crippen LogP contribution in [0.4, 0.5) is 5.69 Å². The highest BCUT2D eigenvalue weighted by Crippen LogP contribution is 2.16. The van der Waals surface area contributed by atoms with E-state index in [1.165, 1.54) is 0 Å². The molecule has 1 aromatic heterocycles. The number of hydrogen-bond acceptors (Lipinski definition) is 4. The monoisotopic (exact) mass is 273 g/mol. The first-order chi connectivity index (χ1) is 9.47. The normalized spacial score (nSPS) is 10.8. The number of nitrogens with two attached hydrogens (primary N) is 1. The minimum Gasteiger partial charge on any atom is -0.399 e. The lowest BCUT2D eigenvalue weighted by atomic mass is 10.2. The van der Waals surface area contributed by atoms with Gasteiger partial charge in [-0.05, 0) is 26.0 Å². The van der Waals surface area contributed by atoms with Gasteiger partial charge in [0.25, 0.3) is 0 Å². The lowest BCUT2D eigenvalue weighted by Crippen LogP contribution is -2.35. The van der Waals surface area contributed by atoms with Crippen LogP contribution < -0.4 is 5.73 Å². The molecule has 0 saturated heterocycles. The zero-order valence-electron chi connectivity index (χ0n) is 11.9. The number of aromatic nitrogens is 3. The molecular weight excluding hydrogens is 254 g/mol. The standard InChI is InChI=1S/C14H19N5O/c1-10(2)18(3)13(20)8-19-9-16-14(17-19)11-5-4-6-12(15)7-11/h4-7,9-10H,8,15H2,1-3H3. The first-order valence-electron chi connectivity index (χ1n) is 6.48. The second kappa shape index (κ2) is 5.73. The molecule has 2 aromatic rings. The molecule has 1 amide bonds. The van der Waals surface area contributed by atoms with Gasteiger partial charge in [-0.1, -0.05) is 12.1 Å². The minimum absolute atomic E-state index is 0.00373. The van der Waals surface area contributed by atoms with Crippen LogP contribution in [-0.4, -0.2) is 38.7 Å². The van der Waals surface area contributed by atoms with Crippen molar-refractivity contribution >= 4 is 11.6 Å². The Kier molecular flexibility index (Phi) is 4.02. The summed E-state index contributed by atoms with van der Waals surface area (Å²) in [5.74, 6) is 0.571. The highest BCUT2D eigenvalue weighted by molar-refractivity contribution is 5.75. The molecule has 0 aliphatic carbocycles. The van der Waals surface area contributed by atoms with Crippen molar-refractivity contribution < 1.29 is 4.79 Å². The van der Waals surface area contributed by atoms with Crippen molar-refractivity contribution in [3.05, 3.63) is 30.6 Å². The molecule has 0 unspecified atom stereocenters. The third-order valence-corrected chi connectivity index (χ3v) is 3.15. The maximum Gasteiger partial charge on any atom is 0.244 e. The van der Waals surface area contributed by atoms with Gasteiger partial charge in [0.05, 0.1) is 0 Å². The van der Waals surface area contributed by atoms with E-state index in [2.05, 4.69) is 10.1 Å². The van der Waals surface area contributed by atoms with Crippen molar-refractivity contribution in [3.63, 3.8) is 0 Å². The molecule has 0 atom stereocenters. The Morgan fingerprint density at radius 3 is 2.85 bits per heavy atom. The largest absolute Gasteiger partial charge is 0.399 e. The second-order valence-corrected chi connectivity index (χ2v) is 4.99. The van der Waals surface area contributed by atoms with Gasteiger partial charge in [0, 0.05) is 24.3 Å². The van der Waals surface area contributed by atoms with Gasteiger partial charge in [-0.25, -0.2) is 9.67 Å². The fourth-order valence-electron chi connectivity index (χ4n) is 1.72. The van der Waals surface area contributed by atoms with Crippen LogP contribution >= 0.6 is 0 Å². The van der Waals surface area contributed by atoms with Gasteiger partial charge in [0.15, 0.2) is 5.82 Å².